The molecule has 0 aromatic heterocycles. The van der Waals surface area contributed by atoms with Crippen LogP contribution in [-0.2, 0) is 4.74 Å². The van der Waals surface area contributed by atoms with Crippen LogP contribution in [0.15, 0.2) is 12.2 Å². The molecule has 5 atom stereocenters. The molecule has 3 heteroatoms. The first-order chi connectivity index (χ1) is 8.44. The van der Waals surface area contributed by atoms with Crippen LogP contribution in [0.2, 0.25) is 0 Å². The van der Waals surface area contributed by atoms with Crippen molar-refractivity contribution in [3.8, 4) is 0 Å². The van der Waals surface area contributed by atoms with Crippen LogP contribution in [0.1, 0.15) is 40.0 Å². The molecular formula is C15H23NO2. The van der Waals surface area contributed by atoms with Gasteiger partial charge in [0.05, 0.1) is 0 Å². The van der Waals surface area contributed by atoms with Gasteiger partial charge >= 0.3 is 6.09 Å². The smallest absolute Gasteiger partial charge is 0.407 e. The molecule has 2 saturated carbocycles. The largest absolute Gasteiger partial charge is 0.444 e. The van der Waals surface area contributed by atoms with Crippen molar-refractivity contribution in [1.29, 1.82) is 0 Å². The Bertz CT molecular complexity index is 382. The molecule has 18 heavy (non-hydrogen) atoms. The lowest BCUT2D eigenvalue weighted by Gasteiger charge is -2.32. The number of ether oxygens (including phenoxy) is 1. The van der Waals surface area contributed by atoms with Crippen molar-refractivity contribution >= 4 is 6.09 Å². The summed E-state index contributed by atoms with van der Waals surface area (Å²) in [6.45, 7) is 5.72. The molecule has 0 spiro atoms. The van der Waals surface area contributed by atoms with Gasteiger partial charge in [-0.05, 0) is 63.7 Å². The fraction of sp³-hybridized carbons (Fsp3) is 0.800. The van der Waals surface area contributed by atoms with Gasteiger partial charge in [-0.3, -0.25) is 0 Å². The molecule has 0 radical (unpaired) electrons. The van der Waals surface area contributed by atoms with Gasteiger partial charge in [0.15, 0.2) is 0 Å². The third kappa shape index (κ3) is 2.04. The average molecular weight is 249 g/mol. The Labute approximate surface area is 109 Å². The number of carbonyl (C=O) groups is 1. The SMILES string of the molecule is CC(C)(C)OC(=O)NC1CC2CC1C1C=CCC21. The normalized spacial score (nSPS) is 40.9. The highest BCUT2D eigenvalue weighted by atomic mass is 16.6. The zero-order chi connectivity index (χ0) is 12.9. The number of fused-ring (bicyclic) bond motifs is 5. The molecule has 0 heterocycles. The molecule has 3 rings (SSSR count). The minimum Gasteiger partial charge on any atom is -0.444 e. The van der Waals surface area contributed by atoms with Gasteiger partial charge < -0.3 is 10.1 Å². The lowest BCUT2D eigenvalue weighted by atomic mass is 9.79. The van der Waals surface area contributed by atoms with E-state index in [0.717, 1.165) is 18.3 Å². The average Bonchev–Trinajstić information content (AvgIpc) is 2.81. The Balaban J connectivity index is 1.59. The second-order valence-corrected chi connectivity index (χ2v) is 7.05. The standard InChI is InChI=1S/C15H23NO2/c1-15(2,3)18-14(17)16-13-8-9-7-12(13)11-6-4-5-10(9)11/h4,6,9-13H,5,7-8H2,1-3H3,(H,16,17). The van der Waals surface area contributed by atoms with E-state index < -0.39 is 5.60 Å². The Morgan fingerprint density at radius 2 is 2.06 bits per heavy atom. The van der Waals surface area contributed by atoms with E-state index >= 15 is 0 Å². The maximum atomic E-state index is 11.8. The molecule has 5 unspecified atom stereocenters. The number of carbonyl (C=O) groups excluding carboxylic acids is 1. The summed E-state index contributed by atoms with van der Waals surface area (Å²) >= 11 is 0. The summed E-state index contributed by atoms with van der Waals surface area (Å²) in [6, 6.07) is 0.328. The van der Waals surface area contributed by atoms with Crippen LogP contribution < -0.4 is 5.32 Å². The van der Waals surface area contributed by atoms with Gasteiger partial charge in [-0.25, -0.2) is 4.79 Å². The van der Waals surface area contributed by atoms with Gasteiger partial charge in [0.25, 0.3) is 0 Å². The summed E-state index contributed by atoms with van der Waals surface area (Å²) in [6.07, 6.45) is 8.14. The highest BCUT2D eigenvalue weighted by Crippen LogP contribution is 2.56. The maximum Gasteiger partial charge on any atom is 0.407 e. The third-order valence-corrected chi connectivity index (χ3v) is 4.71. The minimum atomic E-state index is -0.405. The van der Waals surface area contributed by atoms with E-state index in [-0.39, 0.29) is 6.09 Å². The first-order valence-corrected chi connectivity index (χ1v) is 7.10. The molecule has 100 valence electrons. The number of allylic oxidation sites excluding steroid dienone is 2. The molecule has 3 aliphatic carbocycles. The fourth-order valence-electron chi connectivity index (χ4n) is 4.17. The molecule has 3 aliphatic rings. The number of amides is 1. The van der Waals surface area contributed by atoms with Crippen molar-refractivity contribution in [1.82, 2.24) is 5.32 Å². The second-order valence-electron chi connectivity index (χ2n) is 7.05. The number of hydrogen-bond acceptors (Lipinski definition) is 2. The van der Waals surface area contributed by atoms with Crippen molar-refractivity contribution in [3.05, 3.63) is 12.2 Å². The van der Waals surface area contributed by atoms with Gasteiger partial charge in [0.1, 0.15) is 5.60 Å². The lowest BCUT2D eigenvalue weighted by molar-refractivity contribution is 0.0472. The van der Waals surface area contributed by atoms with Crippen LogP contribution in [0.25, 0.3) is 0 Å². The van der Waals surface area contributed by atoms with Crippen LogP contribution in [0.3, 0.4) is 0 Å². The van der Waals surface area contributed by atoms with E-state index in [9.17, 15) is 4.79 Å². The van der Waals surface area contributed by atoms with Crippen molar-refractivity contribution in [2.45, 2.75) is 51.7 Å². The molecule has 0 aromatic carbocycles. The van der Waals surface area contributed by atoms with Crippen molar-refractivity contribution in [2.75, 3.05) is 0 Å². The molecule has 3 nitrogen and oxygen atoms in total. The van der Waals surface area contributed by atoms with E-state index in [2.05, 4.69) is 17.5 Å². The molecule has 0 aliphatic heterocycles. The number of hydrogen-bond donors (Lipinski definition) is 1. The quantitative estimate of drug-likeness (QED) is 0.725. The summed E-state index contributed by atoms with van der Waals surface area (Å²) in [5, 5.41) is 3.08. The first-order valence-electron chi connectivity index (χ1n) is 7.10. The maximum absolute atomic E-state index is 11.8. The summed E-state index contributed by atoms with van der Waals surface area (Å²) < 4.78 is 5.35. The van der Waals surface area contributed by atoms with Gasteiger partial charge in [-0.15, -0.1) is 0 Å². The van der Waals surface area contributed by atoms with E-state index in [0.29, 0.717) is 17.9 Å². The summed E-state index contributed by atoms with van der Waals surface area (Å²) in [7, 11) is 0. The third-order valence-electron chi connectivity index (χ3n) is 4.71. The van der Waals surface area contributed by atoms with E-state index in [1.165, 1.54) is 12.8 Å². The van der Waals surface area contributed by atoms with Gasteiger partial charge in [-0.1, -0.05) is 12.2 Å². The number of alkyl carbamates (subject to hydrolysis) is 1. The summed E-state index contributed by atoms with van der Waals surface area (Å²) in [5.41, 5.74) is -0.405. The molecule has 1 N–H and O–H groups in total. The van der Waals surface area contributed by atoms with Crippen LogP contribution in [0, 0.1) is 23.7 Å². The topological polar surface area (TPSA) is 38.3 Å². The monoisotopic (exact) mass is 249 g/mol. The predicted octanol–water partition coefficient (Wildman–Crippen LogP) is 3.11. The number of nitrogens with one attached hydrogen (secondary N) is 1. The Kier molecular flexibility index (Phi) is 2.68. The zero-order valence-electron chi connectivity index (χ0n) is 11.5. The Hall–Kier alpha value is -0.990. The molecule has 0 saturated heterocycles. The van der Waals surface area contributed by atoms with Crippen molar-refractivity contribution < 1.29 is 9.53 Å². The lowest BCUT2D eigenvalue weighted by Crippen LogP contribution is -2.44. The number of rotatable bonds is 1. The fourth-order valence-corrected chi connectivity index (χ4v) is 4.17. The zero-order valence-corrected chi connectivity index (χ0v) is 11.5. The van der Waals surface area contributed by atoms with Crippen LogP contribution >= 0.6 is 0 Å². The van der Waals surface area contributed by atoms with Gasteiger partial charge in [-0.2, -0.15) is 0 Å². The first kappa shape index (κ1) is 12.1. The van der Waals surface area contributed by atoms with E-state index in [1.807, 2.05) is 20.8 Å². The van der Waals surface area contributed by atoms with Gasteiger partial charge in [0.2, 0.25) is 0 Å². The second kappa shape index (κ2) is 4.01. The molecule has 0 aromatic rings. The van der Waals surface area contributed by atoms with Crippen molar-refractivity contribution in [2.24, 2.45) is 23.7 Å². The van der Waals surface area contributed by atoms with Gasteiger partial charge in [0, 0.05) is 6.04 Å². The van der Waals surface area contributed by atoms with Crippen LogP contribution in [-0.4, -0.2) is 17.7 Å². The molecule has 2 fully saturated rings. The van der Waals surface area contributed by atoms with Crippen LogP contribution in [0.4, 0.5) is 4.79 Å². The van der Waals surface area contributed by atoms with Crippen LogP contribution in [0.5, 0.6) is 0 Å². The summed E-state index contributed by atoms with van der Waals surface area (Å²) in [5.74, 6) is 3.04. The molecule has 2 bridgehead atoms. The summed E-state index contributed by atoms with van der Waals surface area (Å²) in [4.78, 5) is 11.8. The molecule has 1 amide bonds. The van der Waals surface area contributed by atoms with Crippen molar-refractivity contribution in [3.63, 3.8) is 0 Å². The Morgan fingerprint density at radius 1 is 1.28 bits per heavy atom. The highest BCUT2D eigenvalue weighted by Gasteiger charge is 2.52. The predicted molar refractivity (Wildman–Crippen MR) is 70.1 cm³/mol. The van der Waals surface area contributed by atoms with E-state index in [1.54, 1.807) is 0 Å². The minimum absolute atomic E-state index is 0.251. The van der Waals surface area contributed by atoms with E-state index in [4.69, 9.17) is 4.74 Å². The molecular weight excluding hydrogens is 226 g/mol. The highest BCUT2D eigenvalue weighted by molar-refractivity contribution is 5.68. The Morgan fingerprint density at radius 3 is 2.78 bits per heavy atom.